The van der Waals surface area contributed by atoms with E-state index in [0.29, 0.717) is 29.7 Å². The molecule has 5 N–H and O–H groups in total. The maximum Gasteiger partial charge on any atom is 0.254 e. The fraction of sp³-hybridized carbons (Fsp3) is 0.346. The molecule has 0 saturated heterocycles. The van der Waals surface area contributed by atoms with Crippen molar-refractivity contribution < 1.29 is 28.2 Å². The van der Waals surface area contributed by atoms with Crippen LogP contribution in [0.15, 0.2) is 42.6 Å². The van der Waals surface area contributed by atoms with Crippen molar-refractivity contribution in [3.8, 4) is 11.3 Å². The molecule has 1 fully saturated rings. The maximum absolute atomic E-state index is 15.0. The largest absolute Gasteiger partial charge is 0.394 e. The molecular formula is C26H27F3N4O3. The number of halogens is 3. The SMILES string of the molecule is Cc1cc(F)cc([C@@H](CO)NC(=O)c2ccc(-c3nc([C@H]4CC[C@H](O)[C@@H](F)C4)cnc3N)cc2F)c1. The standard InChI is InChI=1S/C26H27F3N4O3/c1-13-6-16(8-17(27)7-13)22(12-34)33-26(36)18-4-2-15(10-19(18)28)24-25(30)31-11-21(32-24)14-3-5-23(35)20(29)9-14/h2,4,6-8,10-11,14,20,22-23,34-35H,3,5,9,12H2,1H3,(H2,30,31)(H,33,36)/t14-,20-,22+,23-/m0/s1. The Morgan fingerprint density at radius 3 is 2.67 bits per heavy atom. The molecule has 1 aromatic heterocycles. The number of anilines is 1. The number of hydrogen-bond acceptors (Lipinski definition) is 6. The Morgan fingerprint density at radius 1 is 1.22 bits per heavy atom. The third kappa shape index (κ3) is 5.50. The first-order valence-corrected chi connectivity index (χ1v) is 11.6. The van der Waals surface area contributed by atoms with Crippen LogP contribution in [0.1, 0.15) is 58.4 Å². The summed E-state index contributed by atoms with van der Waals surface area (Å²) in [4.78, 5) is 21.4. The van der Waals surface area contributed by atoms with Crippen LogP contribution < -0.4 is 11.1 Å². The zero-order chi connectivity index (χ0) is 26.0. The molecule has 7 nitrogen and oxygen atoms in total. The Labute approximate surface area is 206 Å². The lowest BCUT2D eigenvalue weighted by Crippen LogP contribution is -2.31. The maximum atomic E-state index is 15.0. The van der Waals surface area contributed by atoms with Crippen molar-refractivity contribution in [1.29, 1.82) is 0 Å². The van der Waals surface area contributed by atoms with E-state index in [-0.39, 0.29) is 35.0 Å². The van der Waals surface area contributed by atoms with Gasteiger partial charge in [0.25, 0.3) is 5.91 Å². The van der Waals surface area contributed by atoms with Gasteiger partial charge in [-0.1, -0.05) is 12.1 Å². The van der Waals surface area contributed by atoms with Gasteiger partial charge in [0, 0.05) is 11.5 Å². The predicted molar refractivity (Wildman–Crippen MR) is 128 cm³/mol. The number of aromatic nitrogens is 2. The zero-order valence-electron chi connectivity index (χ0n) is 19.6. The monoisotopic (exact) mass is 500 g/mol. The second-order valence-corrected chi connectivity index (χ2v) is 9.09. The zero-order valence-corrected chi connectivity index (χ0v) is 19.6. The Bertz CT molecular complexity index is 1250. The molecule has 4 atom stereocenters. The van der Waals surface area contributed by atoms with Crippen molar-refractivity contribution in [3.63, 3.8) is 0 Å². The van der Waals surface area contributed by atoms with E-state index in [1.165, 1.54) is 30.5 Å². The minimum Gasteiger partial charge on any atom is -0.394 e. The van der Waals surface area contributed by atoms with Gasteiger partial charge in [-0.15, -0.1) is 0 Å². The molecule has 0 bridgehead atoms. The van der Waals surface area contributed by atoms with Crippen LogP contribution >= 0.6 is 0 Å². The number of hydrogen-bond donors (Lipinski definition) is 4. The highest BCUT2D eigenvalue weighted by Crippen LogP contribution is 2.35. The molecule has 2 aromatic carbocycles. The number of nitrogens with zero attached hydrogens (tertiary/aromatic N) is 2. The number of nitrogens with one attached hydrogen (secondary N) is 1. The van der Waals surface area contributed by atoms with Crippen LogP contribution in [-0.4, -0.2) is 45.0 Å². The molecule has 1 aliphatic carbocycles. The number of aryl methyl sites for hydroxylation is 1. The van der Waals surface area contributed by atoms with E-state index in [1.54, 1.807) is 13.0 Å². The number of nitrogens with two attached hydrogens (primary N) is 1. The molecule has 1 amide bonds. The van der Waals surface area contributed by atoms with Crippen molar-refractivity contribution in [2.45, 2.75) is 50.4 Å². The lowest BCUT2D eigenvalue weighted by atomic mass is 9.84. The first kappa shape index (κ1) is 25.6. The summed E-state index contributed by atoms with van der Waals surface area (Å²) in [6.45, 7) is 1.17. The number of carbonyl (C=O) groups excluding carboxylic acids is 1. The summed E-state index contributed by atoms with van der Waals surface area (Å²) in [5.41, 5.74) is 7.63. The summed E-state index contributed by atoms with van der Waals surface area (Å²) in [7, 11) is 0. The summed E-state index contributed by atoms with van der Waals surface area (Å²) in [6, 6.07) is 7.02. The molecule has 36 heavy (non-hydrogen) atoms. The highest BCUT2D eigenvalue weighted by atomic mass is 19.1. The molecule has 1 heterocycles. The van der Waals surface area contributed by atoms with E-state index in [0.717, 1.165) is 6.07 Å². The van der Waals surface area contributed by atoms with Gasteiger partial charge in [0.05, 0.1) is 36.2 Å². The highest BCUT2D eigenvalue weighted by Gasteiger charge is 2.31. The van der Waals surface area contributed by atoms with Gasteiger partial charge in [0.1, 0.15) is 29.3 Å². The Morgan fingerprint density at radius 2 is 2.00 bits per heavy atom. The van der Waals surface area contributed by atoms with Gasteiger partial charge in [-0.05, 0) is 61.6 Å². The van der Waals surface area contributed by atoms with Gasteiger partial charge >= 0.3 is 0 Å². The third-order valence-electron chi connectivity index (χ3n) is 6.42. The topological polar surface area (TPSA) is 121 Å². The average molecular weight is 501 g/mol. The van der Waals surface area contributed by atoms with Crippen LogP contribution in [0.5, 0.6) is 0 Å². The fourth-order valence-electron chi connectivity index (χ4n) is 4.47. The number of nitrogen functional groups attached to an aromatic ring is 1. The van der Waals surface area contributed by atoms with Crippen LogP contribution in [0.25, 0.3) is 11.3 Å². The minimum atomic E-state index is -1.36. The predicted octanol–water partition coefficient (Wildman–Crippen LogP) is 3.74. The summed E-state index contributed by atoms with van der Waals surface area (Å²) < 4.78 is 42.8. The van der Waals surface area contributed by atoms with Crippen LogP contribution in [0, 0.1) is 18.6 Å². The number of rotatable bonds is 6. The van der Waals surface area contributed by atoms with E-state index in [9.17, 15) is 23.8 Å². The molecule has 3 aromatic rings. The number of aliphatic hydroxyl groups is 2. The van der Waals surface area contributed by atoms with E-state index < -0.39 is 42.5 Å². The Hall–Kier alpha value is -3.50. The van der Waals surface area contributed by atoms with Crippen LogP contribution in [0.3, 0.4) is 0 Å². The third-order valence-corrected chi connectivity index (χ3v) is 6.42. The number of amides is 1. The molecule has 10 heteroatoms. The van der Waals surface area contributed by atoms with Crippen LogP contribution in [-0.2, 0) is 0 Å². The van der Waals surface area contributed by atoms with Gasteiger partial charge < -0.3 is 21.3 Å². The molecule has 1 saturated carbocycles. The second kappa shape index (κ2) is 10.6. The van der Waals surface area contributed by atoms with Gasteiger partial charge in [0.2, 0.25) is 0 Å². The van der Waals surface area contributed by atoms with Crippen molar-refractivity contribution in [2.24, 2.45) is 0 Å². The smallest absolute Gasteiger partial charge is 0.254 e. The van der Waals surface area contributed by atoms with E-state index in [4.69, 9.17) is 5.73 Å². The van der Waals surface area contributed by atoms with Crippen LogP contribution in [0.4, 0.5) is 19.0 Å². The van der Waals surface area contributed by atoms with Gasteiger partial charge in [-0.2, -0.15) is 0 Å². The molecule has 0 aliphatic heterocycles. The summed E-state index contributed by atoms with van der Waals surface area (Å²) >= 11 is 0. The van der Waals surface area contributed by atoms with Crippen molar-refractivity contribution in [1.82, 2.24) is 15.3 Å². The summed E-state index contributed by atoms with van der Waals surface area (Å²) in [6.07, 6.45) is 0.0322. The molecule has 1 aliphatic rings. The van der Waals surface area contributed by atoms with Crippen molar-refractivity contribution in [2.75, 3.05) is 12.3 Å². The number of aliphatic hydroxyl groups excluding tert-OH is 2. The second-order valence-electron chi connectivity index (χ2n) is 9.09. The highest BCUT2D eigenvalue weighted by molar-refractivity contribution is 5.95. The number of alkyl halides is 1. The molecule has 190 valence electrons. The van der Waals surface area contributed by atoms with Gasteiger partial charge in [0.15, 0.2) is 0 Å². The Kier molecular flexibility index (Phi) is 7.56. The fourth-order valence-corrected chi connectivity index (χ4v) is 4.47. The van der Waals surface area contributed by atoms with Crippen molar-refractivity contribution >= 4 is 11.7 Å². The molecule has 4 rings (SSSR count). The summed E-state index contributed by atoms with van der Waals surface area (Å²) in [5.74, 6) is -2.37. The van der Waals surface area contributed by atoms with E-state index >= 15 is 4.39 Å². The first-order chi connectivity index (χ1) is 17.2. The van der Waals surface area contributed by atoms with Crippen LogP contribution in [0.2, 0.25) is 0 Å². The average Bonchev–Trinajstić information content (AvgIpc) is 2.83. The van der Waals surface area contributed by atoms with Gasteiger partial charge in [-0.25, -0.2) is 23.1 Å². The summed E-state index contributed by atoms with van der Waals surface area (Å²) in [5, 5.41) is 21.9. The first-order valence-electron chi connectivity index (χ1n) is 11.6. The van der Waals surface area contributed by atoms with Gasteiger partial charge in [-0.3, -0.25) is 4.79 Å². The number of carbonyl (C=O) groups is 1. The van der Waals surface area contributed by atoms with E-state index in [1.807, 2.05) is 0 Å². The molecule has 0 radical (unpaired) electrons. The molecule has 0 spiro atoms. The lowest BCUT2D eigenvalue weighted by molar-refractivity contribution is 0.0363. The Balaban J connectivity index is 1.56. The molecular weight excluding hydrogens is 473 g/mol. The minimum absolute atomic E-state index is 0.0461. The quantitative estimate of drug-likeness (QED) is 0.409. The lowest BCUT2D eigenvalue weighted by Gasteiger charge is -2.28. The normalized spacial score (nSPS) is 20.7. The number of benzene rings is 2. The van der Waals surface area contributed by atoms with E-state index in [2.05, 4.69) is 15.3 Å². The molecule has 0 unspecified atom stereocenters. The van der Waals surface area contributed by atoms with Crippen molar-refractivity contribution in [3.05, 3.63) is 76.6 Å².